The third-order valence-corrected chi connectivity index (χ3v) is 3.35. The van der Waals surface area contributed by atoms with E-state index in [0.717, 1.165) is 6.07 Å². The van der Waals surface area contributed by atoms with Gasteiger partial charge in [0, 0.05) is 0 Å². The maximum absolute atomic E-state index is 12.9. The molecule has 1 heterocycles. The van der Waals surface area contributed by atoms with Gasteiger partial charge >= 0.3 is 6.18 Å². The van der Waals surface area contributed by atoms with Crippen LogP contribution in [-0.4, -0.2) is 18.6 Å². The number of hydrogen-bond acceptors (Lipinski definition) is 4. The Balaban J connectivity index is 1.65. The van der Waals surface area contributed by atoms with E-state index in [1.165, 1.54) is 18.2 Å². The van der Waals surface area contributed by atoms with Gasteiger partial charge in [0.2, 0.25) is 6.10 Å². The zero-order valence-corrected chi connectivity index (χ0v) is 12.3. The van der Waals surface area contributed by atoms with E-state index in [0.29, 0.717) is 11.5 Å². The second-order valence-electron chi connectivity index (χ2n) is 5.02. The molecule has 0 saturated heterocycles. The molecule has 0 fully saturated rings. The monoisotopic (exact) mass is 338 g/mol. The van der Waals surface area contributed by atoms with E-state index in [1.54, 1.807) is 24.3 Å². The van der Waals surface area contributed by atoms with Crippen LogP contribution in [0.25, 0.3) is 0 Å². The minimum Gasteiger partial charge on any atom is -0.485 e. The fourth-order valence-electron chi connectivity index (χ4n) is 2.20. The summed E-state index contributed by atoms with van der Waals surface area (Å²) in [5.74, 6) is 0.276. The third-order valence-electron chi connectivity index (χ3n) is 3.35. The number of carbonyl (C=O) groups is 1. The van der Waals surface area contributed by atoms with Gasteiger partial charge in [-0.3, -0.25) is 15.6 Å². The minimum absolute atomic E-state index is 0.0363. The van der Waals surface area contributed by atoms with Crippen molar-refractivity contribution in [2.45, 2.75) is 12.3 Å². The van der Waals surface area contributed by atoms with Crippen molar-refractivity contribution >= 4 is 11.6 Å². The summed E-state index contributed by atoms with van der Waals surface area (Å²) in [5, 5.41) is 0. The van der Waals surface area contributed by atoms with Crippen LogP contribution in [-0.2, 0) is 11.0 Å². The maximum Gasteiger partial charge on any atom is 0.418 e. The molecule has 1 amide bonds. The number of nitrogens with one attached hydrogen (secondary N) is 2. The first-order valence-corrected chi connectivity index (χ1v) is 7.06. The molecule has 2 N–H and O–H groups in total. The molecular formula is C16H13F3N2O3. The van der Waals surface area contributed by atoms with Crippen LogP contribution in [0.2, 0.25) is 0 Å². The summed E-state index contributed by atoms with van der Waals surface area (Å²) < 4.78 is 49.6. The summed E-state index contributed by atoms with van der Waals surface area (Å²) in [5.41, 5.74) is 3.37. The largest absolute Gasteiger partial charge is 0.485 e. The molecule has 0 bridgehead atoms. The number of benzene rings is 2. The lowest BCUT2D eigenvalue weighted by Crippen LogP contribution is -2.46. The van der Waals surface area contributed by atoms with E-state index in [9.17, 15) is 18.0 Å². The second-order valence-corrected chi connectivity index (χ2v) is 5.02. The Kier molecular flexibility index (Phi) is 4.20. The molecule has 1 aliphatic heterocycles. The lowest BCUT2D eigenvalue weighted by molar-refractivity contribution is -0.137. The van der Waals surface area contributed by atoms with Crippen LogP contribution < -0.4 is 20.3 Å². The summed E-state index contributed by atoms with van der Waals surface area (Å²) in [6.45, 7) is -0.0363. The highest BCUT2D eigenvalue weighted by atomic mass is 19.4. The van der Waals surface area contributed by atoms with E-state index >= 15 is 0 Å². The molecule has 0 radical (unpaired) electrons. The van der Waals surface area contributed by atoms with Crippen LogP contribution in [0.1, 0.15) is 5.56 Å². The van der Waals surface area contributed by atoms with Gasteiger partial charge in [0.05, 0.1) is 11.3 Å². The van der Waals surface area contributed by atoms with Crippen molar-refractivity contribution in [3.05, 3.63) is 54.1 Å². The van der Waals surface area contributed by atoms with Crippen molar-refractivity contribution in [3.63, 3.8) is 0 Å². The number of hydrogen-bond donors (Lipinski definition) is 2. The number of alkyl halides is 3. The molecule has 24 heavy (non-hydrogen) atoms. The van der Waals surface area contributed by atoms with E-state index in [-0.39, 0.29) is 12.3 Å². The summed E-state index contributed by atoms with van der Waals surface area (Å²) in [7, 11) is 0. The van der Waals surface area contributed by atoms with Gasteiger partial charge in [-0.25, -0.2) is 0 Å². The Labute approximate surface area is 135 Å². The van der Waals surface area contributed by atoms with Crippen molar-refractivity contribution in [1.29, 1.82) is 0 Å². The van der Waals surface area contributed by atoms with Crippen LogP contribution in [0.4, 0.5) is 18.9 Å². The summed E-state index contributed by atoms with van der Waals surface area (Å²) in [6.07, 6.45) is -5.50. The molecular weight excluding hydrogens is 325 g/mol. The molecule has 1 unspecified atom stereocenters. The second kappa shape index (κ2) is 6.31. The van der Waals surface area contributed by atoms with E-state index in [2.05, 4.69) is 10.9 Å². The van der Waals surface area contributed by atoms with Crippen LogP contribution in [0.5, 0.6) is 11.5 Å². The highest BCUT2D eigenvalue weighted by molar-refractivity contribution is 5.83. The smallest absolute Gasteiger partial charge is 0.418 e. The Morgan fingerprint density at radius 3 is 2.46 bits per heavy atom. The first-order valence-electron chi connectivity index (χ1n) is 7.06. The van der Waals surface area contributed by atoms with Gasteiger partial charge in [-0.2, -0.15) is 13.2 Å². The quantitative estimate of drug-likeness (QED) is 0.845. The number of anilines is 1. The minimum atomic E-state index is -4.53. The number of ether oxygens (including phenoxy) is 2. The number of carbonyl (C=O) groups excluding carboxylic acids is 1. The average molecular weight is 338 g/mol. The topological polar surface area (TPSA) is 59.6 Å². The average Bonchev–Trinajstić information content (AvgIpc) is 2.58. The fraction of sp³-hybridized carbons (Fsp3) is 0.188. The van der Waals surface area contributed by atoms with Crippen molar-refractivity contribution < 1.29 is 27.4 Å². The molecule has 0 saturated carbocycles. The standard InChI is InChI=1S/C16H13F3N2O3/c17-16(18,19)10-5-1-2-6-11(10)20-21-15(22)14-9-23-12-7-3-4-8-13(12)24-14/h1-8,14,20H,9H2,(H,21,22). The predicted molar refractivity (Wildman–Crippen MR) is 79.6 cm³/mol. The van der Waals surface area contributed by atoms with Crippen molar-refractivity contribution in [2.24, 2.45) is 0 Å². The summed E-state index contributed by atoms with van der Waals surface area (Å²) in [6, 6.07) is 11.7. The van der Waals surface area contributed by atoms with E-state index in [1.807, 2.05) is 0 Å². The Bertz CT molecular complexity index is 749. The SMILES string of the molecule is O=C(NNc1ccccc1C(F)(F)F)C1COc2ccccc2O1. The Hall–Kier alpha value is -2.90. The van der Waals surface area contributed by atoms with Gasteiger partial charge in [-0.15, -0.1) is 0 Å². The van der Waals surface area contributed by atoms with Crippen LogP contribution in [0.3, 0.4) is 0 Å². The predicted octanol–water partition coefficient (Wildman–Crippen LogP) is 2.99. The highest BCUT2D eigenvalue weighted by Crippen LogP contribution is 2.34. The molecule has 5 nitrogen and oxygen atoms in total. The molecule has 2 aromatic carbocycles. The van der Waals surface area contributed by atoms with Crippen molar-refractivity contribution in [1.82, 2.24) is 5.43 Å². The molecule has 8 heteroatoms. The first kappa shape index (κ1) is 16.0. The number of para-hydroxylation sites is 3. The van der Waals surface area contributed by atoms with Crippen LogP contribution in [0.15, 0.2) is 48.5 Å². The number of rotatable bonds is 3. The molecule has 3 rings (SSSR count). The third kappa shape index (κ3) is 3.37. The maximum atomic E-state index is 12.9. The molecule has 1 atom stereocenters. The van der Waals surface area contributed by atoms with Crippen LogP contribution >= 0.6 is 0 Å². The van der Waals surface area contributed by atoms with Gasteiger partial charge in [-0.05, 0) is 24.3 Å². The Morgan fingerprint density at radius 2 is 1.71 bits per heavy atom. The number of fused-ring (bicyclic) bond motifs is 1. The number of hydrazine groups is 1. The molecule has 1 aliphatic rings. The van der Waals surface area contributed by atoms with Crippen LogP contribution in [0, 0.1) is 0 Å². The zero-order valence-electron chi connectivity index (χ0n) is 12.3. The summed E-state index contributed by atoms with van der Waals surface area (Å²) >= 11 is 0. The lowest BCUT2D eigenvalue weighted by Gasteiger charge is -2.26. The Morgan fingerprint density at radius 1 is 1.04 bits per heavy atom. The van der Waals surface area contributed by atoms with Gasteiger partial charge in [0.25, 0.3) is 5.91 Å². The highest BCUT2D eigenvalue weighted by Gasteiger charge is 2.33. The molecule has 0 aliphatic carbocycles. The molecule has 0 spiro atoms. The normalized spacial score (nSPS) is 16.4. The van der Waals surface area contributed by atoms with Gasteiger partial charge in [0.1, 0.15) is 6.61 Å². The molecule has 126 valence electrons. The van der Waals surface area contributed by atoms with E-state index < -0.39 is 23.8 Å². The lowest BCUT2D eigenvalue weighted by atomic mass is 10.2. The molecule has 0 aromatic heterocycles. The first-order chi connectivity index (χ1) is 11.4. The summed E-state index contributed by atoms with van der Waals surface area (Å²) in [4.78, 5) is 12.1. The fourth-order valence-corrected chi connectivity index (χ4v) is 2.20. The zero-order chi connectivity index (χ0) is 17.2. The van der Waals surface area contributed by atoms with Crippen molar-refractivity contribution in [2.75, 3.05) is 12.0 Å². The number of halogens is 3. The van der Waals surface area contributed by atoms with Gasteiger partial charge in [0.15, 0.2) is 11.5 Å². The van der Waals surface area contributed by atoms with E-state index in [4.69, 9.17) is 9.47 Å². The van der Waals surface area contributed by atoms with Gasteiger partial charge in [-0.1, -0.05) is 24.3 Å². The molecule has 2 aromatic rings. The van der Waals surface area contributed by atoms with Gasteiger partial charge < -0.3 is 9.47 Å². The van der Waals surface area contributed by atoms with Crippen molar-refractivity contribution in [3.8, 4) is 11.5 Å². The number of amides is 1.